The Bertz CT molecular complexity index is 820. The number of methoxy groups -OCH3 is 1. The first-order valence-corrected chi connectivity index (χ1v) is 11.3. The first-order chi connectivity index (χ1) is 15.6. The highest BCUT2D eigenvalue weighted by atomic mass is 16.6. The van der Waals surface area contributed by atoms with Crippen LogP contribution < -0.4 is 4.74 Å². The maximum absolute atomic E-state index is 13.5. The average Bonchev–Trinajstić information content (AvgIpc) is 3.08. The lowest BCUT2D eigenvalue weighted by Gasteiger charge is -2.33. The number of ether oxygens (including phenoxy) is 4. The number of hydrogen-bond donors (Lipinski definition) is 0. The highest BCUT2D eigenvalue weighted by molar-refractivity contribution is 6.02. The van der Waals surface area contributed by atoms with Gasteiger partial charge in [0.05, 0.1) is 25.9 Å². The molecule has 3 atom stereocenters. The number of benzene rings is 1. The second kappa shape index (κ2) is 11.3. The quantitative estimate of drug-likeness (QED) is 0.225. The molecular formula is C25H34O8. The Morgan fingerprint density at radius 3 is 2.00 bits per heavy atom. The van der Waals surface area contributed by atoms with E-state index in [9.17, 15) is 19.2 Å². The maximum Gasteiger partial charge on any atom is 0.324 e. The van der Waals surface area contributed by atoms with Gasteiger partial charge in [-0.05, 0) is 64.7 Å². The summed E-state index contributed by atoms with van der Waals surface area (Å²) >= 11 is 0. The van der Waals surface area contributed by atoms with Crippen molar-refractivity contribution >= 4 is 24.2 Å². The van der Waals surface area contributed by atoms with E-state index in [4.69, 9.17) is 18.9 Å². The summed E-state index contributed by atoms with van der Waals surface area (Å²) in [5, 5.41) is 0. The molecule has 1 fully saturated rings. The van der Waals surface area contributed by atoms with E-state index in [0.717, 1.165) is 0 Å². The van der Waals surface area contributed by atoms with Crippen molar-refractivity contribution in [1.82, 2.24) is 0 Å². The SMILES string of the molecule is CCOC(=O)C[C@@H]1CC(C(=O)OC(C)C)(C(=O)OC(C)C)[C@H](c2ccc(OC)cc2)[C@H]1C=O. The minimum atomic E-state index is -1.79. The highest BCUT2D eigenvalue weighted by Crippen LogP contribution is 2.57. The fourth-order valence-electron chi connectivity index (χ4n) is 4.57. The molecule has 0 N–H and O–H groups in total. The number of aldehydes is 1. The van der Waals surface area contributed by atoms with Gasteiger partial charge in [0.25, 0.3) is 0 Å². The topological polar surface area (TPSA) is 105 Å². The predicted molar refractivity (Wildman–Crippen MR) is 120 cm³/mol. The van der Waals surface area contributed by atoms with E-state index >= 15 is 0 Å². The zero-order valence-corrected chi connectivity index (χ0v) is 20.2. The fraction of sp³-hybridized carbons (Fsp3) is 0.600. The van der Waals surface area contributed by atoms with Crippen molar-refractivity contribution < 1.29 is 38.1 Å². The van der Waals surface area contributed by atoms with Crippen molar-refractivity contribution in [3.8, 4) is 5.75 Å². The molecule has 1 aromatic rings. The number of carbonyl (C=O) groups is 4. The van der Waals surface area contributed by atoms with Gasteiger partial charge in [0.15, 0.2) is 5.41 Å². The van der Waals surface area contributed by atoms with Crippen LogP contribution in [0.15, 0.2) is 24.3 Å². The van der Waals surface area contributed by atoms with Crippen molar-refractivity contribution in [3.05, 3.63) is 29.8 Å². The van der Waals surface area contributed by atoms with E-state index in [1.54, 1.807) is 58.9 Å². The average molecular weight is 463 g/mol. The Morgan fingerprint density at radius 2 is 1.58 bits per heavy atom. The second-order valence-electron chi connectivity index (χ2n) is 8.82. The van der Waals surface area contributed by atoms with Crippen molar-refractivity contribution in [2.24, 2.45) is 17.3 Å². The van der Waals surface area contributed by atoms with E-state index < -0.39 is 53.3 Å². The first-order valence-electron chi connectivity index (χ1n) is 11.3. The lowest BCUT2D eigenvalue weighted by Crippen LogP contribution is -2.46. The van der Waals surface area contributed by atoms with Crippen LogP contribution in [0.2, 0.25) is 0 Å². The highest BCUT2D eigenvalue weighted by Gasteiger charge is 2.65. The molecule has 0 heterocycles. The van der Waals surface area contributed by atoms with Crippen LogP contribution in [-0.4, -0.2) is 50.1 Å². The number of carbonyl (C=O) groups excluding carboxylic acids is 4. The van der Waals surface area contributed by atoms with Gasteiger partial charge in [0, 0.05) is 18.3 Å². The molecule has 33 heavy (non-hydrogen) atoms. The maximum atomic E-state index is 13.5. The summed E-state index contributed by atoms with van der Waals surface area (Å²) in [7, 11) is 1.53. The van der Waals surface area contributed by atoms with Crippen molar-refractivity contribution in [3.63, 3.8) is 0 Å². The lowest BCUT2D eigenvalue weighted by atomic mass is 9.71. The van der Waals surface area contributed by atoms with Crippen LogP contribution in [0.25, 0.3) is 0 Å². The molecule has 0 aliphatic heterocycles. The van der Waals surface area contributed by atoms with Gasteiger partial charge >= 0.3 is 17.9 Å². The van der Waals surface area contributed by atoms with Crippen LogP contribution in [0.1, 0.15) is 58.9 Å². The smallest absolute Gasteiger partial charge is 0.324 e. The molecule has 1 aromatic carbocycles. The molecule has 1 saturated carbocycles. The zero-order chi connectivity index (χ0) is 24.8. The molecule has 1 aliphatic rings. The third-order valence-electron chi connectivity index (χ3n) is 5.82. The van der Waals surface area contributed by atoms with E-state index in [0.29, 0.717) is 17.6 Å². The number of esters is 3. The minimum absolute atomic E-state index is 0.0664. The second-order valence-corrected chi connectivity index (χ2v) is 8.82. The van der Waals surface area contributed by atoms with Crippen LogP contribution in [0.5, 0.6) is 5.75 Å². The van der Waals surface area contributed by atoms with Crippen LogP contribution in [0, 0.1) is 17.3 Å². The molecule has 182 valence electrons. The molecule has 1 aliphatic carbocycles. The summed E-state index contributed by atoms with van der Waals surface area (Å²) in [6.45, 7) is 8.62. The molecule has 0 bridgehead atoms. The molecule has 8 heteroatoms. The van der Waals surface area contributed by atoms with Gasteiger partial charge in [-0.2, -0.15) is 0 Å². The summed E-state index contributed by atoms with van der Waals surface area (Å²) in [6, 6.07) is 6.82. The molecule has 8 nitrogen and oxygen atoms in total. The van der Waals surface area contributed by atoms with Crippen LogP contribution in [-0.2, 0) is 33.4 Å². The lowest BCUT2D eigenvalue weighted by molar-refractivity contribution is -0.178. The van der Waals surface area contributed by atoms with E-state index in [2.05, 4.69) is 0 Å². The first kappa shape index (κ1) is 26.4. The van der Waals surface area contributed by atoms with E-state index in [1.165, 1.54) is 7.11 Å². The molecule has 0 aromatic heterocycles. The Hall–Kier alpha value is -2.90. The molecule has 0 unspecified atom stereocenters. The van der Waals surface area contributed by atoms with Crippen molar-refractivity contribution in [1.29, 1.82) is 0 Å². The number of rotatable bonds is 10. The fourth-order valence-corrected chi connectivity index (χ4v) is 4.57. The largest absolute Gasteiger partial charge is 0.497 e. The molecule has 0 radical (unpaired) electrons. The Labute approximate surface area is 194 Å². The van der Waals surface area contributed by atoms with Gasteiger partial charge in [0.1, 0.15) is 12.0 Å². The van der Waals surface area contributed by atoms with Gasteiger partial charge in [0.2, 0.25) is 0 Å². The summed E-state index contributed by atoms with van der Waals surface area (Å²) in [4.78, 5) is 51.8. The van der Waals surface area contributed by atoms with Crippen molar-refractivity contribution in [2.45, 2.75) is 65.6 Å². The summed E-state index contributed by atoms with van der Waals surface area (Å²) in [6.07, 6.45) is -0.433. The van der Waals surface area contributed by atoms with E-state index in [-0.39, 0.29) is 19.4 Å². The van der Waals surface area contributed by atoms with Gasteiger partial charge < -0.3 is 23.7 Å². The Balaban J connectivity index is 2.68. The van der Waals surface area contributed by atoms with Crippen LogP contribution >= 0.6 is 0 Å². The summed E-state index contributed by atoms with van der Waals surface area (Å²) < 4.78 is 21.4. The van der Waals surface area contributed by atoms with Gasteiger partial charge in [-0.3, -0.25) is 14.4 Å². The van der Waals surface area contributed by atoms with E-state index in [1.807, 2.05) is 0 Å². The third-order valence-corrected chi connectivity index (χ3v) is 5.82. The Morgan fingerprint density at radius 1 is 1.03 bits per heavy atom. The molecule has 0 saturated heterocycles. The Kier molecular flexibility index (Phi) is 9.02. The normalized spacial score (nSPS) is 21.5. The standard InChI is InChI=1S/C25H34O8/c1-7-31-21(27)12-18-13-25(23(28)32-15(2)3,24(29)33-16(4)5)22(20(18)14-26)17-8-10-19(30-6)11-9-17/h8-11,14-16,18,20,22H,7,12-13H2,1-6H3/t18-,20+,22-/m1/s1. The van der Waals surface area contributed by atoms with Crippen LogP contribution in [0.3, 0.4) is 0 Å². The molecule has 0 spiro atoms. The molecule has 0 amide bonds. The summed E-state index contributed by atoms with van der Waals surface area (Å²) in [5.41, 5.74) is -1.20. The third kappa shape index (κ3) is 5.72. The predicted octanol–water partition coefficient (Wildman–Crippen LogP) is 3.46. The van der Waals surface area contributed by atoms with Crippen LogP contribution in [0.4, 0.5) is 0 Å². The number of hydrogen-bond acceptors (Lipinski definition) is 8. The molecule has 2 rings (SSSR count). The van der Waals surface area contributed by atoms with Gasteiger partial charge in [-0.25, -0.2) is 0 Å². The van der Waals surface area contributed by atoms with Gasteiger partial charge in [-0.1, -0.05) is 12.1 Å². The molecular weight excluding hydrogens is 428 g/mol. The minimum Gasteiger partial charge on any atom is -0.497 e. The monoisotopic (exact) mass is 462 g/mol. The summed E-state index contributed by atoms with van der Waals surface area (Å²) in [5.74, 6) is -3.71. The van der Waals surface area contributed by atoms with Gasteiger partial charge in [-0.15, -0.1) is 0 Å². The zero-order valence-electron chi connectivity index (χ0n) is 20.2. The van der Waals surface area contributed by atoms with Crippen molar-refractivity contribution in [2.75, 3.05) is 13.7 Å².